The molecule has 1 fully saturated rings. The summed E-state index contributed by atoms with van der Waals surface area (Å²) in [7, 11) is 0. The molecule has 1 aliphatic carbocycles. The van der Waals surface area contributed by atoms with Gasteiger partial charge in [-0.05, 0) is 38.3 Å². The van der Waals surface area contributed by atoms with Crippen LogP contribution in [0, 0.1) is 20.8 Å². The van der Waals surface area contributed by atoms with Crippen molar-refractivity contribution < 1.29 is 9.32 Å². The maximum absolute atomic E-state index is 12.8. The van der Waals surface area contributed by atoms with E-state index in [4.69, 9.17) is 4.52 Å². The van der Waals surface area contributed by atoms with E-state index < -0.39 is 0 Å². The minimum Gasteiger partial charge on any atom is -0.349 e. The van der Waals surface area contributed by atoms with Crippen molar-refractivity contribution in [2.75, 3.05) is 0 Å². The summed E-state index contributed by atoms with van der Waals surface area (Å²) in [6, 6.07) is 6.19. The number of rotatable bonds is 4. The van der Waals surface area contributed by atoms with Gasteiger partial charge in [0.05, 0.1) is 16.9 Å². The molecule has 1 amide bonds. The Bertz CT molecular complexity index is 998. The molecule has 1 saturated carbocycles. The Morgan fingerprint density at radius 1 is 1.18 bits per heavy atom. The fourth-order valence-corrected chi connectivity index (χ4v) is 3.73. The van der Waals surface area contributed by atoms with Crippen LogP contribution in [0.25, 0.3) is 17.1 Å². The lowest BCUT2D eigenvalue weighted by molar-refractivity contribution is 0.0927. The lowest BCUT2D eigenvalue weighted by atomic mass is 9.95. The molecule has 1 N–H and O–H groups in total. The Morgan fingerprint density at radius 2 is 1.96 bits per heavy atom. The summed E-state index contributed by atoms with van der Waals surface area (Å²) in [4.78, 5) is 17.0. The molecule has 0 bridgehead atoms. The molecule has 0 atom stereocenters. The molecule has 0 saturated heterocycles. The Hall–Kier alpha value is -2.96. The van der Waals surface area contributed by atoms with Crippen molar-refractivity contribution >= 4 is 5.91 Å². The molecule has 2 aromatic heterocycles. The van der Waals surface area contributed by atoms with Gasteiger partial charge in [-0.3, -0.25) is 4.79 Å². The van der Waals surface area contributed by atoms with Crippen LogP contribution in [0.5, 0.6) is 0 Å². The van der Waals surface area contributed by atoms with Crippen LogP contribution < -0.4 is 5.32 Å². The van der Waals surface area contributed by atoms with E-state index in [0.717, 1.165) is 29.7 Å². The normalized spacial score (nSPS) is 15.0. The molecule has 146 valence electrons. The van der Waals surface area contributed by atoms with Gasteiger partial charge in [-0.2, -0.15) is 10.1 Å². The number of amides is 1. The number of carbonyl (C=O) groups excluding carboxylic acids is 1. The van der Waals surface area contributed by atoms with Gasteiger partial charge in [-0.1, -0.05) is 36.6 Å². The molecule has 0 unspecified atom stereocenters. The second kappa shape index (κ2) is 7.58. The smallest absolute Gasteiger partial charge is 0.254 e. The first kappa shape index (κ1) is 18.4. The number of hydrogen-bond acceptors (Lipinski definition) is 5. The third kappa shape index (κ3) is 3.69. The highest BCUT2D eigenvalue weighted by atomic mass is 16.5. The van der Waals surface area contributed by atoms with E-state index in [1.165, 1.54) is 19.3 Å². The zero-order chi connectivity index (χ0) is 19.7. The number of nitrogens with one attached hydrogen (secondary N) is 1. The highest BCUT2D eigenvalue weighted by Crippen LogP contribution is 2.24. The highest BCUT2D eigenvalue weighted by Gasteiger charge is 2.20. The van der Waals surface area contributed by atoms with Gasteiger partial charge in [0.15, 0.2) is 0 Å². The van der Waals surface area contributed by atoms with Gasteiger partial charge >= 0.3 is 0 Å². The predicted molar refractivity (Wildman–Crippen MR) is 105 cm³/mol. The van der Waals surface area contributed by atoms with Crippen molar-refractivity contribution in [3.63, 3.8) is 0 Å². The molecule has 0 radical (unpaired) electrons. The lowest BCUT2D eigenvalue weighted by Crippen LogP contribution is -2.36. The SMILES string of the molecule is Cc1nc(-c2ccc(C)c(-n3cc(C(=O)NC4CCCCC4)c(C)n3)c2)no1. The number of benzene rings is 1. The van der Waals surface area contributed by atoms with Crippen molar-refractivity contribution in [2.24, 2.45) is 0 Å². The van der Waals surface area contributed by atoms with Crippen molar-refractivity contribution in [2.45, 2.75) is 58.9 Å². The molecule has 2 heterocycles. The molecule has 4 rings (SSSR count). The van der Waals surface area contributed by atoms with Crippen LogP contribution in [0.4, 0.5) is 0 Å². The van der Waals surface area contributed by atoms with Crippen molar-refractivity contribution in [1.29, 1.82) is 0 Å². The van der Waals surface area contributed by atoms with Crippen molar-refractivity contribution in [1.82, 2.24) is 25.2 Å². The van der Waals surface area contributed by atoms with E-state index in [2.05, 4.69) is 20.6 Å². The van der Waals surface area contributed by atoms with Gasteiger partial charge in [0.25, 0.3) is 5.91 Å². The first-order valence-electron chi connectivity index (χ1n) is 9.80. The number of hydrogen-bond donors (Lipinski definition) is 1. The molecular weight excluding hydrogens is 354 g/mol. The van der Waals surface area contributed by atoms with Crippen LogP contribution in [0.15, 0.2) is 28.9 Å². The third-order valence-corrected chi connectivity index (χ3v) is 5.33. The Morgan fingerprint density at radius 3 is 2.68 bits per heavy atom. The Kier molecular flexibility index (Phi) is 4.98. The molecule has 1 aliphatic rings. The quantitative estimate of drug-likeness (QED) is 0.743. The van der Waals surface area contributed by atoms with Gasteiger partial charge in [-0.15, -0.1) is 0 Å². The summed E-state index contributed by atoms with van der Waals surface area (Å²) in [5.74, 6) is 1.02. The average Bonchev–Trinajstić information content (AvgIpc) is 3.29. The van der Waals surface area contributed by atoms with Crippen LogP contribution in [0.3, 0.4) is 0 Å². The Labute approximate surface area is 164 Å². The van der Waals surface area contributed by atoms with Crippen LogP contribution in [0.1, 0.15) is 59.6 Å². The summed E-state index contributed by atoms with van der Waals surface area (Å²) >= 11 is 0. The molecular formula is C21H25N5O2. The molecule has 0 aliphatic heterocycles. The minimum absolute atomic E-state index is 0.0433. The number of carbonyl (C=O) groups is 1. The van der Waals surface area contributed by atoms with Gasteiger partial charge in [0.1, 0.15) is 0 Å². The average molecular weight is 379 g/mol. The fraction of sp³-hybridized carbons (Fsp3) is 0.429. The maximum Gasteiger partial charge on any atom is 0.254 e. The Balaban J connectivity index is 1.61. The second-order valence-electron chi connectivity index (χ2n) is 7.52. The molecule has 7 nitrogen and oxygen atoms in total. The number of aryl methyl sites for hydroxylation is 3. The summed E-state index contributed by atoms with van der Waals surface area (Å²) in [5, 5.41) is 11.7. The van der Waals surface area contributed by atoms with E-state index in [1.54, 1.807) is 17.8 Å². The van der Waals surface area contributed by atoms with E-state index >= 15 is 0 Å². The zero-order valence-electron chi connectivity index (χ0n) is 16.5. The second-order valence-corrected chi connectivity index (χ2v) is 7.52. The standard InChI is InChI=1S/C21H25N5O2/c1-13-9-10-16(20-22-15(3)28-25-20)11-19(13)26-12-18(14(2)24-26)21(27)23-17-7-5-4-6-8-17/h9-12,17H,4-8H2,1-3H3,(H,23,27). The van der Waals surface area contributed by atoms with Crippen LogP contribution in [0.2, 0.25) is 0 Å². The minimum atomic E-state index is -0.0433. The van der Waals surface area contributed by atoms with Crippen molar-refractivity contribution in [3.05, 3.63) is 47.1 Å². The summed E-state index contributed by atoms with van der Waals surface area (Å²) in [6.45, 7) is 5.65. The topological polar surface area (TPSA) is 85.8 Å². The first-order chi connectivity index (χ1) is 13.5. The summed E-state index contributed by atoms with van der Waals surface area (Å²) in [6.07, 6.45) is 7.56. The van der Waals surface area contributed by atoms with Gasteiger partial charge < -0.3 is 9.84 Å². The maximum atomic E-state index is 12.8. The molecule has 28 heavy (non-hydrogen) atoms. The van der Waals surface area contributed by atoms with Gasteiger partial charge in [0.2, 0.25) is 11.7 Å². The van der Waals surface area contributed by atoms with Gasteiger partial charge in [0, 0.05) is 24.7 Å². The molecule has 0 spiro atoms. The highest BCUT2D eigenvalue weighted by molar-refractivity contribution is 5.95. The van der Waals surface area contributed by atoms with Crippen LogP contribution in [-0.4, -0.2) is 31.9 Å². The van der Waals surface area contributed by atoms with E-state index in [0.29, 0.717) is 23.0 Å². The monoisotopic (exact) mass is 379 g/mol. The summed E-state index contributed by atoms with van der Waals surface area (Å²) in [5.41, 5.74) is 4.11. The largest absolute Gasteiger partial charge is 0.349 e. The number of nitrogens with zero attached hydrogens (tertiary/aromatic N) is 4. The molecule has 1 aromatic carbocycles. The van der Waals surface area contributed by atoms with Gasteiger partial charge in [-0.25, -0.2) is 4.68 Å². The summed E-state index contributed by atoms with van der Waals surface area (Å²) < 4.78 is 6.85. The van der Waals surface area contributed by atoms with Crippen LogP contribution in [-0.2, 0) is 0 Å². The third-order valence-electron chi connectivity index (χ3n) is 5.33. The zero-order valence-corrected chi connectivity index (χ0v) is 16.5. The van der Waals surface area contributed by atoms with E-state index in [-0.39, 0.29) is 11.9 Å². The first-order valence-corrected chi connectivity index (χ1v) is 9.80. The fourth-order valence-electron chi connectivity index (χ4n) is 3.73. The van der Waals surface area contributed by atoms with E-state index in [9.17, 15) is 4.79 Å². The predicted octanol–water partition coefficient (Wildman–Crippen LogP) is 3.91. The van der Waals surface area contributed by atoms with Crippen molar-refractivity contribution in [3.8, 4) is 17.1 Å². The molecule has 3 aromatic rings. The van der Waals surface area contributed by atoms with E-state index in [1.807, 2.05) is 32.0 Å². The number of aromatic nitrogens is 4. The molecule has 7 heteroatoms. The van der Waals surface area contributed by atoms with Crippen LogP contribution >= 0.6 is 0 Å². The lowest BCUT2D eigenvalue weighted by Gasteiger charge is -2.22.